The zero-order valence-corrected chi connectivity index (χ0v) is 12.0. The van der Waals surface area contributed by atoms with Crippen LogP contribution in [0, 0.1) is 0 Å². The lowest BCUT2D eigenvalue weighted by atomic mass is 10.2. The molecule has 0 unspecified atom stereocenters. The standard InChI is InChI=1S/C14H12ClN3OS/c15-12-3-1-2-4-13(12)19-11-7-5-10(6-8-11)9-17-18-14(16)20/h1-9H,(H3,16,18,20). The van der Waals surface area contributed by atoms with Crippen molar-refractivity contribution >= 4 is 35.1 Å². The Morgan fingerprint density at radius 1 is 1.20 bits per heavy atom. The van der Waals surface area contributed by atoms with Crippen LogP contribution in [0.2, 0.25) is 5.02 Å². The highest BCUT2D eigenvalue weighted by molar-refractivity contribution is 7.80. The van der Waals surface area contributed by atoms with Crippen LogP contribution in [0.3, 0.4) is 0 Å². The van der Waals surface area contributed by atoms with Gasteiger partial charge in [-0.2, -0.15) is 5.10 Å². The second kappa shape index (κ2) is 6.88. The number of nitrogens with one attached hydrogen (secondary N) is 1. The molecule has 20 heavy (non-hydrogen) atoms. The van der Waals surface area contributed by atoms with Crippen LogP contribution in [0.25, 0.3) is 0 Å². The Kier molecular flexibility index (Phi) is 4.92. The monoisotopic (exact) mass is 305 g/mol. The number of para-hydroxylation sites is 1. The second-order valence-corrected chi connectivity index (χ2v) is 4.68. The maximum Gasteiger partial charge on any atom is 0.184 e. The average molecular weight is 306 g/mol. The molecule has 0 spiro atoms. The molecule has 2 aromatic carbocycles. The minimum absolute atomic E-state index is 0.125. The van der Waals surface area contributed by atoms with E-state index in [0.29, 0.717) is 16.5 Å². The highest BCUT2D eigenvalue weighted by atomic mass is 35.5. The number of hydrogen-bond donors (Lipinski definition) is 2. The molecule has 0 aliphatic heterocycles. The lowest BCUT2D eigenvalue weighted by molar-refractivity contribution is 0.483. The highest BCUT2D eigenvalue weighted by Crippen LogP contribution is 2.28. The zero-order chi connectivity index (χ0) is 14.4. The molecular formula is C14H12ClN3OS. The van der Waals surface area contributed by atoms with E-state index in [4.69, 9.17) is 22.1 Å². The summed E-state index contributed by atoms with van der Waals surface area (Å²) in [5.41, 5.74) is 8.63. The van der Waals surface area contributed by atoms with E-state index in [1.807, 2.05) is 42.5 Å². The number of ether oxygens (including phenoxy) is 1. The van der Waals surface area contributed by atoms with Gasteiger partial charge in [-0.05, 0) is 54.2 Å². The Balaban J connectivity index is 2.03. The van der Waals surface area contributed by atoms with Gasteiger partial charge in [0, 0.05) is 0 Å². The molecule has 3 N–H and O–H groups in total. The third kappa shape index (κ3) is 4.22. The first-order valence-electron chi connectivity index (χ1n) is 5.76. The number of hydrogen-bond acceptors (Lipinski definition) is 3. The van der Waals surface area contributed by atoms with E-state index in [1.165, 1.54) is 0 Å². The van der Waals surface area contributed by atoms with E-state index in [-0.39, 0.29) is 5.11 Å². The van der Waals surface area contributed by atoms with Crippen molar-refractivity contribution in [2.24, 2.45) is 10.8 Å². The lowest BCUT2D eigenvalue weighted by Gasteiger charge is -2.07. The SMILES string of the molecule is NC(=S)NN=Cc1ccc(Oc2ccccc2Cl)cc1. The summed E-state index contributed by atoms with van der Waals surface area (Å²) in [5.74, 6) is 1.31. The average Bonchev–Trinajstić information content (AvgIpc) is 2.43. The fraction of sp³-hybridized carbons (Fsp3) is 0. The van der Waals surface area contributed by atoms with E-state index in [9.17, 15) is 0 Å². The summed E-state index contributed by atoms with van der Waals surface area (Å²) >= 11 is 10.7. The van der Waals surface area contributed by atoms with Crippen LogP contribution in [0.5, 0.6) is 11.5 Å². The normalized spacial score (nSPS) is 10.4. The van der Waals surface area contributed by atoms with Gasteiger partial charge >= 0.3 is 0 Å². The summed E-state index contributed by atoms with van der Waals surface area (Å²) in [4.78, 5) is 0. The molecule has 102 valence electrons. The quantitative estimate of drug-likeness (QED) is 0.517. The number of hydrazone groups is 1. The van der Waals surface area contributed by atoms with Gasteiger partial charge in [-0.25, -0.2) is 0 Å². The predicted molar refractivity (Wildman–Crippen MR) is 85.5 cm³/mol. The van der Waals surface area contributed by atoms with Crippen LogP contribution in [-0.4, -0.2) is 11.3 Å². The fourth-order valence-corrected chi connectivity index (χ4v) is 1.67. The molecule has 0 aliphatic carbocycles. The topological polar surface area (TPSA) is 59.6 Å². The lowest BCUT2D eigenvalue weighted by Crippen LogP contribution is -2.23. The van der Waals surface area contributed by atoms with E-state index in [0.717, 1.165) is 5.56 Å². The van der Waals surface area contributed by atoms with E-state index >= 15 is 0 Å². The minimum atomic E-state index is 0.125. The van der Waals surface area contributed by atoms with Crippen molar-refractivity contribution in [3.8, 4) is 11.5 Å². The van der Waals surface area contributed by atoms with Crippen molar-refractivity contribution in [3.05, 3.63) is 59.1 Å². The van der Waals surface area contributed by atoms with Gasteiger partial charge in [0.25, 0.3) is 0 Å². The third-order valence-corrected chi connectivity index (χ3v) is 2.74. The largest absolute Gasteiger partial charge is 0.456 e. The molecule has 0 heterocycles. The highest BCUT2D eigenvalue weighted by Gasteiger charge is 2.01. The molecule has 2 rings (SSSR count). The number of halogens is 1. The maximum atomic E-state index is 6.03. The van der Waals surface area contributed by atoms with Crippen molar-refractivity contribution in [2.45, 2.75) is 0 Å². The summed E-state index contributed by atoms with van der Waals surface area (Å²) in [6.45, 7) is 0. The van der Waals surface area contributed by atoms with Gasteiger partial charge in [0.1, 0.15) is 11.5 Å². The van der Waals surface area contributed by atoms with E-state index in [1.54, 1.807) is 12.3 Å². The van der Waals surface area contributed by atoms with E-state index < -0.39 is 0 Å². The smallest absolute Gasteiger partial charge is 0.184 e. The van der Waals surface area contributed by atoms with Gasteiger partial charge in [-0.3, -0.25) is 5.43 Å². The van der Waals surface area contributed by atoms with Crippen LogP contribution in [0.15, 0.2) is 53.6 Å². The summed E-state index contributed by atoms with van der Waals surface area (Å²) < 4.78 is 5.67. The summed E-state index contributed by atoms with van der Waals surface area (Å²) in [5, 5.41) is 4.56. The van der Waals surface area contributed by atoms with Crippen molar-refractivity contribution in [2.75, 3.05) is 0 Å². The number of rotatable bonds is 4. The first kappa shape index (κ1) is 14.3. The van der Waals surface area contributed by atoms with E-state index in [2.05, 4.69) is 22.7 Å². The van der Waals surface area contributed by atoms with Crippen molar-refractivity contribution in [3.63, 3.8) is 0 Å². The predicted octanol–water partition coefficient (Wildman–Crippen LogP) is 3.30. The van der Waals surface area contributed by atoms with Gasteiger partial charge in [0.05, 0.1) is 11.2 Å². The number of nitrogens with two attached hydrogens (primary N) is 1. The van der Waals surface area contributed by atoms with Crippen molar-refractivity contribution < 1.29 is 4.74 Å². The molecule has 0 saturated carbocycles. The molecule has 0 fully saturated rings. The van der Waals surface area contributed by atoms with Crippen molar-refractivity contribution in [1.29, 1.82) is 0 Å². The molecule has 0 atom stereocenters. The summed E-state index contributed by atoms with van der Waals surface area (Å²) in [7, 11) is 0. The molecule has 0 amide bonds. The van der Waals surface area contributed by atoms with Gasteiger partial charge in [-0.15, -0.1) is 0 Å². The Bertz CT molecular complexity index is 629. The third-order valence-electron chi connectivity index (χ3n) is 2.33. The van der Waals surface area contributed by atoms with Crippen LogP contribution in [0.4, 0.5) is 0 Å². The first-order chi connectivity index (χ1) is 9.65. The Morgan fingerprint density at radius 3 is 2.55 bits per heavy atom. The Morgan fingerprint density at radius 2 is 1.90 bits per heavy atom. The Hall–Kier alpha value is -2.11. The molecule has 2 aromatic rings. The summed E-state index contributed by atoms with van der Waals surface area (Å²) in [6, 6.07) is 14.7. The number of nitrogens with zero attached hydrogens (tertiary/aromatic N) is 1. The number of thiocarbonyl (C=S) groups is 1. The van der Waals surface area contributed by atoms with Gasteiger partial charge < -0.3 is 10.5 Å². The maximum absolute atomic E-state index is 6.03. The number of benzene rings is 2. The van der Waals surface area contributed by atoms with Gasteiger partial charge in [0.2, 0.25) is 0 Å². The molecule has 0 aromatic heterocycles. The zero-order valence-electron chi connectivity index (χ0n) is 10.4. The first-order valence-corrected chi connectivity index (χ1v) is 6.55. The summed E-state index contributed by atoms with van der Waals surface area (Å²) in [6.07, 6.45) is 1.61. The minimum Gasteiger partial charge on any atom is -0.456 e. The van der Waals surface area contributed by atoms with Crippen LogP contribution in [0.1, 0.15) is 5.56 Å². The Labute approximate surface area is 127 Å². The van der Waals surface area contributed by atoms with Gasteiger partial charge in [0.15, 0.2) is 5.11 Å². The molecule has 0 saturated heterocycles. The molecule has 0 bridgehead atoms. The molecule has 0 radical (unpaired) electrons. The molecule has 4 nitrogen and oxygen atoms in total. The molecular weight excluding hydrogens is 294 g/mol. The fourth-order valence-electron chi connectivity index (χ4n) is 1.45. The second-order valence-electron chi connectivity index (χ2n) is 3.84. The van der Waals surface area contributed by atoms with Crippen molar-refractivity contribution in [1.82, 2.24) is 5.43 Å². The van der Waals surface area contributed by atoms with Crippen LogP contribution < -0.4 is 15.9 Å². The molecule has 0 aliphatic rings. The van der Waals surface area contributed by atoms with Crippen LogP contribution >= 0.6 is 23.8 Å². The van der Waals surface area contributed by atoms with Gasteiger partial charge in [-0.1, -0.05) is 23.7 Å². The van der Waals surface area contributed by atoms with Crippen LogP contribution in [-0.2, 0) is 0 Å². The molecule has 6 heteroatoms.